The highest BCUT2D eigenvalue weighted by Crippen LogP contribution is 2.50. The molecule has 6 heteroatoms. The fourth-order valence-corrected chi connectivity index (χ4v) is 10.9. The Morgan fingerprint density at radius 1 is 0.270 bits per heavy atom. The Kier molecular flexibility index (Phi) is 11.6. The molecule has 0 aliphatic rings. The number of hydrogen-bond acceptors (Lipinski definition) is 2. The summed E-state index contributed by atoms with van der Waals surface area (Å²) < 4.78 is 60.0. The Morgan fingerprint density at radius 3 is 0.892 bits per heavy atom. The van der Waals surface area contributed by atoms with Crippen LogP contribution >= 0.6 is 0 Å². The maximum absolute atomic E-state index is 15.0. The maximum Gasteiger partial charge on any atom is 0.123 e. The molecule has 12 rings (SSSR count). The fourth-order valence-electron chi connectivity index (χ4n) is 10.9. The molecule has 0 amide bonds. The number of nitrogens with zero attached hydrogens (tertiary/aromatic N) is 2. The number of rotatable bonds is 10. The first-order valence-corrected chi connectivity index (χ1v) is 24.7. The molecule has 0 N–H and O–H groups in total. The Morgan fingerprint density at radius 2 is 0.581 bits per heavy atom. The molecule has 0 saturated heterocycles. The van der Waals surface area contributed by atoms with Gasteiger partial charge in [0.25, 0.3) is 0 Å². The van der Waals surface area contributed by atoms with Crippen molar-refractivity contribution in [1.29, 1.82) is 0 Å². The predicted molar refractivity (Wildman–Crippen MR) is 300 cm³/mol. The first kappa shape index (κ1) is 46.1. The largest absolute Gasteiger partial charge is 0.310 e. The quantitative estimate of drug-likeness (QED) is 0.0995. The monoisotopic (exact) mass is 968 g/mol. The summed E-state index contributed by atoms with van der Waals surface area (Å²) in [7, 11) is 0. The van der Waals surface area contributed by atoms with Crippen LogP contribution in [-0.4, -0.2) is 0 Å². The lowest BCUT2D eigenvalue weighted by Gasteiger charge is -2.31. The Hall–Kier alpha value is -9.00. The van der Waals surface area contributed by atoms with Crippen LogP contribution in [0.25, 0.3) is 76.8 Å². The minimum Gasteiger partial charge on any atom is -0.310 e. The van der Waals surface area contributed by atoms with Gasteiger partial charge in [-0.3, -0.25) is 0 Å². The number of aryl methyl sites for hydroxylation is 4. The first-order chi connectivity index (χ1) is 35.9. The van der Waals surface area contributed by atoms with Gasteiger partial charge in [0.05, 0.1) is 11.4 Å². The zero-order chi connectivity index (χ0) is 50.8. The standard InChI is InChI=1S/C68H48F4N2/c1-41-17-25-63(43(3)29-41)73(59-37-51(47-9-5-13-55(69)33-47)31-52(38-59)48-10-6-14-56(70)34-48)65-27-21-45-20-24-62-66(28-22-46-19-23-61(65)67(45)68(46)62)74(64-26-18-42(2)30-44(64)4)60-39-53(49-11-7-15-57(71)35-49)32-54(40-60)50-12-8-16-58(72)36-50/h5-40H,1-4H3. The van der Waals surface area contributed by atoms with Crippen molar-refractivity contribution in [1.82, 2.24) is 0 Å². The van der Waals surface area contributed by atoms with Crippen LogP contribution in [0.5, 0.6) is 0 Å². The second-order valence-electron chi connectivity index (χ2n) is 19.4. The van der Waals surface area contributed by atoms with Gasteiger partial charge in [0.1, 0.15) is 23.3 Å². The third-order valence-electron chi connectivity index (χ3n) is 14.3. The molecule has 0 aromatic heterocycles. The smallest absolute Gasteiger partial charge is 0.123 e. The van der Waals surface area contributed by atoms with Crippen LogP contribution in [0.15, 0.2) is 218 Å². The molecule has 0 atom stereocenters. The van der Waals surface area contributed by atoms with Crippen LogP contribution in [-0.2, 0) is 0 Å². The molecule has 358 valence electrons. The van der Waals surface area contributed by atoms with Crippen LogP contribution in [0, 0.1) is 51.0 Å². The lowest BCUT2D eigenvalue weighted by Crippen LogP contribution is -2.13. The molecule has 74 heavy (non-hydrogen) atoms. The van der Waals surface area contributed by atoms with Crippen molar-refractivity contribution in [2.45, 2.75) is 27.7 Å². The molecule has 0 fully saturated rings. The van der Waals surface area contributed by atoms with Crippen LogP contribution in [0.2, 0.25) is 0 Å². The molecular weight excluding hydrogens is 921 g/mol. The summed E-state index contributed by atoms with van der Waals surface area (Å²) in [6.07, 6.45) is 0. The molecule has 2 nitrogen and oxygen atoms in total. The summed E-state index contributed by atoms with van der Waals surface area (Å²) in [5.41, 5.74) is 15.7. The molecule has 0 saturated carbocycles. The third-order valence-corrected chi connectivity index (χ3v) is 14.3. The average Bonchev–Trinajstić information content (AvgIpc) is 3.42. The summed E-state index contributed by atoms with van der Waals surface area (Å²) in [6.45, 7) is 8.41. The van der Waals surface area contributed by atoms with Gasteiger partial charge in [-0.2, -0.15) is 0 Å². The Balaban J connectivity index is 1.12. The fraction of sp³-hybridized carbons (Fsp3) is 0.0588. The van der Waals surface area contributed by atoms with Crippen molar-refractivity contribution in [3.05, 3.63) is 264 Å². The third kappa shape index (κ3) is 8.48. The van der Waals surface area contributed by atoms with Gasteiger partial charge in [-0.1, -0.05) is 120 Å². The molecule has 0 aliphatic heterocycles. The Bertz CT molecular complexity index is 3760. The van der Waals surface area contributed by atoms with Crippen molar-refractivity contribution >= 4 is 66.4 Å². The van der Waals surface area contributed by atoms with E-state index in [2.05, 4.69) is 147 Å². The SMILES string of the molecule is Cc1ccc(N(c2cc(-c3cccc(F)c3)cc(-c3cccc(F)c3)c2)c2ccc3ccc4c(N(c5cc(-c6cccc(F)c6)cc(-c6cccc(F)c6)c5)c5ccc(C)cc5C)ccc5ccc2c3c54)c(C)c1. The van der Waals surface area contributed by atoms with Gasteiger partial charge >= 0.3 is 0 Å². The van der Waals surface area contributed by atoms with Crippen molar-refractivity contribution in [2.75, 3.05) is 9.80 Å². The molecule has 0 unspecified atom stereocenters. The van der Waals surface area contributed by atoms with Gasteiger partial charge in [0.2, 0.25) is 0 Å². The lowest BCUT2D eigenvalue weighted by atomic mass is 9.91. The number of anilines is 6. The summed E-state index contributed by atoms with van der Waals surface area (Å²) in [5.74, 6) is -1.39. The van der Waals surface area contributed by atoms with Gasteiger partial charge < -0.3 is 9.80 Å². The van der Waals surface area contributed by atoms with E-state index < -0.39 is 0 Å². The van der Waals surface area contributed by atoms with E-state index in [-0.39, 0.29) is 23.3 Å². The van der Waals surface area contributed by atoms with Crippen molar-refractivity contribution in [3.63, 3.8) is 0 Å². The van der Waals surface area contributed by atoms with E-state index in [1.54, 1.807) is 24.3 Å². The molecule has 12 aromatic carbocycles. The molecule has 12 aromatic rings. The molecule has 0 spiro atoms. The van der Waals surface area contributed by atoms with E-state index in [4.69, 9.17) is 0 Å². The van der Waals surface area contributed by atoms with E-state index in [0.29, 0.717) is 22.3 Å². The van der Waals surface area contributed by atoms with Gasteiger partial charge in [-0.25, -0.2) is 17.6 Å². The zero-order valence-corrected chi connectivity index (χ0v) is 41.2. The van der Waals surface area contributed by atoms with Crippen LogP contribution in [0.1, 0.15) is 22.3 Å². The van der Waals surface area contributed by atoms with Crippen LogP contribution in [0.4, 0.5) is 51.7 Å². The lowest BCUT2D eigenvalue weighted by molar-refractivity contribution is 0.628. The highest BCUT2D eigenvalue weighted by molar-refractivity contribution is 6.28. The molecule has 0 aliphatic carbocycles. The van der Waals surface area contributed by atoms with E-state index in [1.165, 1.54) is 48.5 Å². The normalized spacial score (nSPS) is 11.5. The molecular formula is C68H48F4N2. The summed E-state index contributed by atoms with van der Waals surface area (Å²) in [5, 5.41) is 6.31. The highest BCUT2D eigenvalue weighted by atomic mass is 19.1. The van der Waals surface area contributed by atoms with Gasteiger partial charge in [-0.15, -0.1) is 0 Å². The predicted octanol–water partition coefficient (Wildman–Crippen LogP) is 20.0. The second kappa shape index (κ2) is 18.6. The number of hydrogen-bond donors (Lipinski definition) is 0. The summed E-state index contributed by atoms with van der Waals surface area (Å²) in [6, 6.07) is 69.0. The van der Waals surface area contributed by atoms with E-state index >= 15 is 17.6 Å². The van der Waals surface area contributed by atoms with Crippen LogP contribution in [0.3, 0.4) is 0 Å². The topological polar surface area (TPSA) is 6.48 Å². The average molecular weight is 969 g/mol. The molecule has 0 radical (unpaired) electrons. The van der Waals surface area contributed by atoms with Crippen molar-refractivity contribution < 1.29 is 17.6 Å². The minimum absolute atomic E-state index is 0.347. The van der Waals surface area contributed by atoms with E-state index in [0.717, 1.165) is 111 Å². The Labute approximate surface area is 428 Å². The zero-order valence-electron chi connectivity index (χ0n) is 41.2. The number of benzene rings is 12. The first-order valence-electron chi connectivity index (χ1n) is 24.7. The van der Waals surface area contributed by atoms with E-state index in [9.17, 15) is 0 Å². The number of halogens is 4. The summed E-state index contributed by atoms with van der Waals surface area (Å²) >= 11 is 0. The van der Waals surface area contributed by atoms with Gasteiger partial charge in [0.15, 0.2) is 0 Å². The molecule has 0 bridgehead atoms. The van der Waals surface area contributed by atoms with Gasteiger partial charge in [0, 0.05) is 33.5 Å². The van der Waals surface area contributed by atoms with Crippen LogP contribution < -0.4 is 9.80 Å². The van der Waals surface area contributed by atoms with Crippen molar-refractivity contribution in [2.24, 2.45) is 0 Å². The van der Waals surface area contributed by atoms with E-state index in [1.807, 2.05) is 36.4 Å². The minimum atomic E-state index is -0.347. The summed E-state index contributed by atoms with van der Waals surface area (Å²) in [4.78, 5) is 4.56. The highest BCUT2D eigenvalue weighted by Gasteiger charge is 2.25. The van der Waals surface area contributed by atoms with Gasteiger partial charge in [-0.05, 0) is 214 Å². The van der Waals surface area contributed by atoms with Crippen molar-refractivity contribution in [3.8, 4) is 44.5 Å². The molecule has 0 heterocycles. The second-order valence-corrected chi connectivity index (χ2v) is 19.4. The maximum atomic E-state index is 15.0.